The first-order valence-corrected chi connectivity index (χ1v) is 8.56. The van der Waals surface area contributed by atoms with Crippen LogP contribution < -0.4 is 5.32 Å². The molecule has 2 saturated heterocycles. The van der Waals surface area contributed by atoms with E-state index in [0.717, 1.165) is 44.4 Å². The van der Waals surface area contributed by atoms with E-state index in [2.05, 4.69) is 44.5 Å². The Balaban J connectivity index is 1.56. The zero-order chi connectivity index (χ0) is 15.5. The molecule has 0 bridgehead atoms. The fourth-order valence-corrected chi connectivity index (χ4v) is 3.70. The van der Waals surface area contributed by atoms with Crippen molar-refractivity contribution in [1.82, 2.24) is 20.2 Å². The molecule has 2 aliphatic rings. The van der Waals surface area contributed by atoms with Crippen LogP contribution in [0.5, 0.6) is 0 Å². The molecule has 0 amide bonds. The third-order valence-electron chi connectivity index (χ3n) is 4.94. The molecule has 2 aliphatic heterocycles. The Morgan fingerprint density at radius 3 is 2.78 bits per heavy atom. The lowest BCUT2D eigenvalue weighted by atomic mass is 10.0. The van der Waals surface area contributed by atoms with Gasteiger partial charge in [0.05, 0.1) is 31.1 Å². The molecule has 2 N–H and O–H groups in total. The standard InChI is InChI=1S/C18H24N4O/c1-2-4-14(5-3-1)16-12-20-18(21-16)17-13-23-11-10-22(17)15-6-8-19-9-7-15/h1-5,12,15,17,19H,6-11,13H2,(H,20,21). The summed E-state index contributed by atoms with van der Waals surface area (Å²) in [6.07, 6.45) is 4.37. The summed E-state index contributed by atoms with van der Waals surface area (Å²) in [5.41, 5.74) is 2.26. The molecule has 5 heteroatoms. The largest absolute Gasteiger partial charge is 0.378 e. The van der Waals surface area contributed by atoms with E-state index in [1.165, 1.54) is 18.4 Å². The van der Waals surface area contributed by atoms with Crippen LogP contribution >= 0.6 is 0 Å². The van der Waals surface area contributed by atoms with Gasteiger partial charge in [-0.25, -0.2) is 4.98 Å². The maximum absolute atomic E-state index is 5.76. The van der Waals surface area contributed by atoms with Gasteiger partial charge in [0.2, 0.25) is 0 Å². The second kappa shape index (κ2) is 6.83. The summed E-state index contributed by atoms with van der Waals surface area (Å²) in [5, 5.41) is 3.45. The quantitative estimate of drug-likeness (QED) is 0.912. The highest BCUT2D eigenvalue weighted by atomic mass is 16.5. The van der Waals surface area contributed by atoms with E-state index in [0.29, 0.717) is 6.04 Å². The lowest BCUT2D eigenvalue weighted by molar-refractivity contribution is -0.0387. The molecule has 5 nitrogen and oxygen atoms in total. The first-order chi connectivity index (χ1) is 11.4. The Bertz CT molecular complexity index is 621. The fraction of sp³-hybridized carbons (Fsp3) is 0.500. The molecule has 1 aromatic heterocycles. The van der Waals surface area contributed by atoms with E-state index in [-0.39, 0.29) is 6.04 Å². The molecule has 0 saturated carbocycles. The van der Waals surface area contributed by atoms with Gasteiger partial charge in [0.15, 0.2) is 0 Å². The summed E-state index contributed by atoms with van der Waals surface area (Å²) < 4.78 is 5.76. The molecule has 1 unspecified atom stereocenters. The number of benzene rings is 1. The second-order valence-corrected chi connectivity index (χ2v) is 6.36. The van der Waals surface area contributed by atoms with E-state index in [1.54, 1.807) is 0 Å². The molecular formula is C18H24N4O. The summed E-state index contributed by atoms with van der Waals surface area (Å²) in [7, 11) is 0. The van der Waals surface area contributed by atoms with Crippen molar-refractivity contribution in [2.45, 2.75) is 24.9 Å². The van der Waals surface area contributed by atoms with E-state index < -0.39 is 0 Å². The van der Waals surface area contributed by atoms with Gasteiger partial charge in [0, 0.05) is 12.6 Å². The van der Waals surface area contributed by atoms with Crippen molar-refractivity contribution in [3.63, 3.8) is 0 Å². The minimum absolute atomic E-state index is 0.240. The van der Waals surface area contributed by atoms with Crippen molar-refractivity contribution in [1.29, 1.82) is 0 Å². The van der Waals surface area contributed by atoms with Crippen LogP contribution in [0.2, 0.25) is 0 Å². The van der Waals surface area contributed by atoms with Crippen LogP contribution in [-0.2, 0) is 4.74 Å². The molecule has 23 heavy (non-hydrogen) atoms. The van der Waals surface area contributed by atoms with Crippen molar-refractivity contribution in [2.75, 3.05) is 32.8 Å². The zero-order valence-corrected chi connectivity index (χ0v) is 13.4. The van der Waals surface area contributed by atoms with Crippen LogP contribution in [0.4, 0.5) is 0 Å². The van der Waals surface area contributed by atoms with Gasteiger partial charge in [-0.2, -0.15) is 0 Å². The van der Waals surface area contributed by atoms with Crippen LogP contribution in [0.25, 0.3) is 11.3 Å². The molecule has 1 aromatic carbocycles. The average molecular weight is 312 g/mol. The smallest absolute Gasteiger partial charge is 0.126 e. The number of piperidine rings is 1. The van der Waals surface area contributed by atoms with Crippen LogP contribution in [0.1, 0.15) is 24.7 Å². The first kappa shape index (κ1) is 14.9. The number of imidazole rings is 1. The molecule has 0 aliphatic carbocycles. The Labute approximate surface area is 137 Å². The molecule has 4 rings (SSSR count). The number of hydrogen-bond donors (Lipinski definition) is 2. The highest BCUT2D eigenvalue weighted by Gasteiger charge is 2.32. The van der Waals surface area contributed by atoms with Crippen molar-refractivity contribution in [2.24, 2.45) is 0 Å². The maximum Gasteiger partial charge on any atom is 0.126 e. The van der Waals surface area contributed by atoms with Gasteiger partial charge < -0.3 is 15.0 Å². The number of ether oxygens (including phenoxy) is 1. The number of H-pyrrole nitrogens is 1. The number of aromatic amines is 1. The van der Waals surface area contributed by atoms with Crippen LogP contribution in [0.3, 0.4) is 0 Å². The predicted molar refractivity (Wildman–Crippen MR) is 90.2 cm³/mol. The van der Waals surface area contributed by atoms with Crippen molar-refractivity contribution in [3.8, 4) is 11.3 Å². The fourth-order valence-electron chi connectivity index (χ4n) is 3.70. The predicted octanol–water partition coefficient (Wildman–Crippen LogP) is 2.20. The van der Waals surface area contributed by atoms with Gasteiger partial charge in [-0.05, 0) is 31.5 Å². The van der Waals surface area contributed by atoms with Crippen molar-refractivity contribution >= 4 is 0 Å². The SMILES string of the molecule is c1ccc(-c2cnc(C3COCCN3C3CCNCC3)[nH]2)cc1. The minimum Gasteiger partial charge on any atom is -0.378 e. The average Bonchev–Trinajstić information content (AvgIpc) is 3.13. The van der Waals surface area contributed by atoms with Crippen molar-refractivity contribution in [3.05, 3.63) is 42.4 Å². The maximum atomic E-state index is 5.76. The molecule has 2 aromatic rings. The van der Waals surface area contributed by atoms with Gasteiger partial charge in [0.1, 0.15) is 5.82 Å². The Morgan fingerprint density at radius 1 is 1.13 bits per heavy atom. The highest BCUT2D eigenvalue weighted by Crippen LogP contribution is 2.29. The van der Waals surface area contributed by atoms with E-state index in [9.17, 15) is 0 Å². The molecular weight excluding hydrogens is 288 g/mol. The Kier molecular flexibility index (Phi) is 4.41. The normalized spacial score (nSPS) is 23.9. The summed E-state index contributed by atoms with van der Waals surface area (Å²) >= 11 is 0. The molecule has 2 fully saturated rings. The van der Waals surface area contributed by atoms with Crippen LogP contribution in [-0.4, -0.2) is 53.8 Å². The van der Waals surface area contributed by atoms with Gasteiger partial charge in [0.25, 0.3) is 0 Å². The Hall–Kier alpha value is -1.69. The summed E-state index contributed by atoms with van der Waals surface area (Å²) in [4.78, 5) is 10.8. The molecule has 1 atom stereocenters. The lowest BCUT2D eigenvalue weighted by Crippen LogP contribution is -2.49. The summed E-state index contributed by atoms with van der Waals surface area (Å²) in [6, 6.07) is 11.2. The molecule has 3 heterocycles. The van der Waals surface area contributed by atoms with Crippen LogP contribution in [0, 0.1) is 0 Å². The number of nitrogens with zero attached hydrogens (tertiary/aromatic N) is 2. The number of aromatic nitrogens is 2. The van der Waals surface area contributed by atoms with Crippen LogP contribution in [0.15, 0.2) is 36.5 Å². The lowest BCUT2D eigenvalue weighted by Gasteiger charge is -2.41. The second-order valence-electron chi connectivity index (χ2n) is 6.36. The number of hydrogen-bond acceptors (Lipinski definition) is 4. The number of rotatable bonds is 3. The van der Waals surface area contributed by atoms with E-state index >= 15 is 0 Å². The zero-order valence-electron chi connectivity index (χ0n) is 13.4. The Morgan fingerprint density at radius 2 is 1.96 bits per heavy atom. The monoisotopic (exact) mass is 312 g/mol. The molecule has 0 spiro atoms. The van der Waals surface area contributed by atoms with Gasteiger partial charge >= 0.3 is 0 Å². The number of nitrogens with one attached hydrogen (secondary N) is 2. The summed E-state index contributed by atoms with van der Waals surface area (Å²) in [6.45, 7) is 4.78. The topological polar surface area (TPSA) is 53.2 Å². The molecule has 0 radical (unpaired) electrons. The van der Waals surface area contributed by atoms with E-state index in [4.69, 9.17) is 4.74 Å². The molecule has 122 valence electrons. The third kappa shape index (κ3) is 3.17. The minimum atomic E-state index is 0.240. The van der Waals surface area contributed by atoms with Gasteiger partial charge in [-0.1, -0.05) is 30.3 Å². The number of morpholine rings is 1. The van der Waals surface area contributed by atoms with Crippen molar-refractivity contribution < 1.29 is 4.74 Å². The summed E-state index contributed by atoms with van der Waals surface area (Å²) in [5.74, 6) is 1.03. The first-order valence-electron chi connectivity index (χ1n) is 8.56. The van der Waals surface area contributed by atoms with Gasteiger partial charge in [-0.15, -0.1) is 0 Å². The third-order valence-corrected chi connectivity index (χ3v) is 4.94. The van der Waals surface area contributed by atoms with Gasteiger partial charge in [-0.3, -0.25) is 4.90 Å². The highest BCUT2D eigenvalue weighted by molar-refractivity contribution is 5.58. The van der Waals surface area contributed by atoms with E-state index in [1.807, 2.05) is 12.3 Å².